The van der Waals surface area contributed by atoms with Crippen LogP contribution in [0.25, 0.3) is 58.7 Å². The van der Waals surface area contributed by atoms with Crippen LogP contribution in [-0.2, 0) is 0 Å². The normalized spacial score (nSPS) is 12.0. The molecule has 4 heteroatoms. The fourth-order valence-electron chi connectivity index (χ4n) is 5.02. The molecule has 0 heterocycles. The van der Waals surface area contributed by atoms with E-state index < -0.39 is 0 Å². The molecule has 0 aliphatic carbocycles. The Labute approximate surface area is 294 Å². The lowest BCUT2D eigenvalue weighted by molar-refractivity contribution is 1.48. The van der Waals surface area contributed by atoms with E-state index in [0.29, 0.717) is 0 Å². The van der Waals surface area contributed by atoms with E-state index in [1.54, 1.807) is 0 Å². The van der Waals surface area contributed by atoms with Crippen LogP contribution in [0.4, 0.5) is 0 Å². The standard InChI is InChI=1S/C40H30Br4/c1-3-11-29-21-33(37(41)23-30(29)12-4-2)35-25-40(44)36(26-39(35)43)34-22-31(19-17-27-13-7-5-8-14-27)32(24-38(34)42)20-18-28-15-9-6-10-16-28/h3-26H,1-2H3. The molecular weight excluding hydrogens is 800 g/mol. The van der Waals surface area contributed by atoms with Gasteiger partial charge in [0.05, 0.1) is 0 Å². The minimum absolute atomic E-state index is 1.01. The molecule has 5 aromatic carbocycles. The van der Waals surface area contributed by atoms with Gasteiger partial charge in [0.1, 0.15) is 0 Å². The molecule has 0 saturated carbocycles. The van der Waals surface area contributed by atoms with Gasteiger partial charge in [-0.25, -0.2) is 0 Å². The third kappa shape index (κ3) is 7.79. The van der Waals surface area contributed by atoms with Crippen molar-refractivity contribution in [2.45, 2.75) is 13.8 Å². The van der Waals surface area contributed by atoms with Gasteiger partial charge in [0.15, 0.2) is 0 Å². The third-order valence-electron chi connectivity index (χ3n) is 7.18. The van der Waals surface area contributed by atoms with Crippen LogP contribution in [0.3, 0.4) is 0 Å². The van der Waals surface area contributed by atoms with E-state index in [0.717, 1.165) is 62.4 Å². The van der Waals surface area contributed by atoms with Gasteiger partial charge >= 0.3 is 0 Å². The summed E-state index contributed by atoms with van der Waals surface area (Å²) in [6.45, 7) is 4.09. The van der Waals surface area contributed by atoms with Gasteiger partial charge in [-0.1, -0.05) is 173 Å². The molecule has 0 fully saturated rings. The summed E-state index contributed by atoms with van der Waals surface area (Å²) in [5.41, 5.74) is 11.4. The highest BCUT2D eigenvalue weighted by Gasteiger charge is 2.17. The summed E-state index contributed by atoms with van der Waals surface area (Å²) in [7, 11) is 0. The minimum atomic E-state index is 1.01. The van der Waals surface area contributed by atoms with E-state index in [4.69, 9.17) is 0 Å². The molecule has 0 amide bonds. The molecule has 0 atom stereocenters. The van der Waals surface area contributed by atoms with Crippen molar-refractivity contribution in [3.8, 4) is 22.3 Å². The van der Waals surface area contributed by atoms with Crippen LogP contribution in [0, 0.1) is 0 Å². The molecule has 0 bridgehead atoms. The molecule has 218 valence electrons. The average molecular weight is 830 g/mol. The van der Waals surface area contributed by atoms with Crippen molar-refractivity contribution in [2.24, 2.45) is 0 Å². The summed E-state index contributed by atoms with van der Waals surface area (Å²) >= 11 is 15.6. The zero-order chi connectivity index (χ0) is 31.1. The summed E-state index contributed by atoms with van der Waals surface area (Å²) in [4.78, 5) is 0. The van der Waals surface area contributed by atoms with Crippen molar-refractivity contribution in [1.29, 1.82) is 0 Å². The molecule has 5 rings (SSSR count). The lowest BCUT2D eigenvalue weighted by Gasteiger charge is -2.16. The predicted octanol–water partition coefficient (Wildman–Crippen LogP) is 14.5. The first-order valence-electron chi connectivity index (χ1n) is 14.3. The Balaban J connectivity index is 1.61. The molecular formula is C40H30Br4. The van der Waals surface area contributed by atoms with Gasteiger partial charge in [-0.3, -0.25) is 0 Å². The van der Waals surface area contributed by atoms with Crippen LogP contribution < -0.4 is 0 Å². The lowest BCUT2D eigenvalue weighted by Crippen LogP contribution is -1.92. The van der Waals surface area contributed by atoms with E-state index in [9.17, 15) is 0 Å². The Morgan fingerprint density at radius 1 is 0.364 bits per heavy atom. The van der Waals surface area contributed by atoms with Gasteiger partial charge < -0.3 is 0 Å². The fraction of sp³-hybridized carbons (Fsp3) is 0.0500. The summed E-state index contributed by atoms with van der Waals surface area (Å²) in [5.74, 6) is 0. The molecule has 0 aliphatic heterocycles. The molecule has 0 radical (unpaired) electrons. The van der Waals surface area contributed by atoms with Crippen molar-refractivity contribution in [3.05, 3.63) is 160 Å². The summed E-state index contributed by atoms with van der Waals surface area (Å²) in [5, 5.41) is 0. The zero-order valence-corrected chi connectivity index (χ0v) is 30.7. The molecule has 0 saturated heterocycles. The Bertz CT molecular complexity index is 1900. The second-order valence-electron chi connectivity index (χ2n) is 10.2. The van der Waals surface area contributed by atoms with Crippen molar-refractivity contribution in [1.82, 2.24) is 0 Å². The second-order valence-corrected chi connectivity index (χ2v) is 13.6. The summed E-state index contributed by atoms with van der Waals surface area (Å²) in [6.07, 6.45) is 17.1. The third-order valence-corrected chi connectivity index (χ3v) is 9.81. The number of hydrogen-bond donors (Lipinski definition) is 0. The lowest BCUT2D eigenvalue weighted by atomic mass is 9.94. The minimum Gasteiger partial charge on any atom is -0.0870 e. The number of hydrogen-bond acceptors (Lipinski definition) is 0. The predicted molar refractivity (Wildman–Crippen MR) is 208 cm³/mol. The SMILES string of the molecule is CC=Cc1cc(Br)c(-c2cc(Br)c(-c3cc(C=Cc4ccccc4)c(C=Cc4ccccc4)cc3Br)cc2Br)cc1C=CC. The summed E-state index contributed by atoms with van der Waals surface area (Å²) in [6, 6.07) is 34.1. The molecule has 0 unspecified atom stereocenters. The van der Waals surface area contributed by atoms with Gasteiger partial charge in [0, 0.05) is 17.9 Å². The molecule has 5 aromatic rings. The topological polar surface area (TPSA) is 0 Å². The van der Waals surface area contributed by atoms with Crippen molar-refractivity contribution >= 4 is 100 Å². The Kier molecular flexibility index (Phi) is 11.3. The smallest absolute Gasteiger partial charge is 0.0261 e. The maximum Gasteiger partial charge on any atom is 0.0261 e. The Morgan fingerprint density at radius 3 is 1.09 bits per heavy atom. The molecule has 0 N–H and O–H groups in total. The van der Waals surface area contributed by atoms with Gasteiger partial charge in [-0.05, 0) is 106 Å². The van der Waals surface area contributed by atoms with E-state index in [1.165, 1.54) is 11.1 Å². The first-order chi connectivity index (χ1) is 21.4. The van der Waals surface area contributed by atoms with E-state index in [1.807, 2.05) is 26.0 Å². The van der Waals surface area contributed by atoms with Crippen LogP contribution in [0.1, 0.15) is 47.2 Å². The van der Waals surface area contributed by atoms with Gasteiger partial charge in [0.2, 0.25) is 0 Å². The van der Waals surface area contributed by atoms with Crippen LogP contribution in [-0.4, -0.2) is 0 Å². The van der Waals surface area contributed by atoms with Crippen molar-refractivity contribution in [3.63, 3.8) is 0 Å². The first kappa shape index (κ1) is 32.4. The highest BCUT2D eigenvalue weighted by molar-refractivity contribution is 9.11. The van der Waals surface area contributed by atoms with Gasteiger partial charge in [-0.2, -0.15) is 0 Å². The van der Waals surface area contributed by atoms with Gasteiger partial charge in [-0.15, -0.1) is 0 Å². The van der Waals surface area contributed by atoms with E-state index >= 15 is 0 Å². The van der Waals surface area contributed by atoms with Crippen LogP contribution in [0.5, 0.6) is 0 Å². The quantitative estimate of drug-likeness (QED) is 0.137. The maximum absolute atomic E-state index is 3.93. The number of allylic oxidation sites excluding steroid dienone is 2. The molecule has 0 aliphatic rings. The summed E-state index contributed by atoms with van der Waals surface area (Å²) < 4.78 is 4.10. The second kappa shape index (κ2) is 15.3. The molecule has 0 spiro atoms. The highest BCUT2D eigenvalue weighted by atomic mass is 79.9. The first-order valence-corrected chi connectivity index (χ1v) is 17.4. The Morgan fingerprint density at radius 2 is 0.682 bits per heavy atom. The van der Waals surface area contributed by atoms with E-state index in [-0.39, 0.29) is 0 Å². The van der Waals surface area contributed by atoms with E-state index in [2.05, 4.69) is 197 Å². The Hall–Kier alpha value is -3.02. The van der Waals surface area contributed by atoms with Crippen LogP contribution >= 0.6 is 63.7 Å². The van der Waals surface area contributed by atoms with Crippen LogP contribution in [0.15, 0.2) is 127 Å². The number of halogens is 4. The monoisotopic (exact) mass is 826 g/mol. The average Bonchev–Trinajstić information content (AvgIpc) is 3.03. The maximum atomic E-state index is 3.93. The zero-order valence-electron chi connectivity index (χ0n) is 24.4. The molecule has 0 nitrogen and oxygen atoms in total. The number of rotatable bonds is 8. The number of benzene rings is 5. The van der Waals surface area contributed by atoms with Crippen molar-refractivity contribution in [2.75, 3.05) is 0 Å². The largest absolute Gasteiger partial charge is 0.0870 e. The van der Waals surface area contributed by atoms with Gasteiger partial charge in [0.25, 0.3) is 0 Å². The molecule has 0 aromatic heterocycles. The van der Waals surface area contributed by atoms with Crippen LogP contribution in [0.2, 0.25) is 0 Å². The van der Waals surface area contributed by atoms with Crippen molar-refractivity contribution < 1.29 is 0 Å². The molecule has 44 heavy (non-hydrogen) atoms. The highest BCUT2D eigenvalue weighted by Crippen LogP contribution is 2.44. The fourth-order valence-corrected chi connectivity index (χ4v) is 7.28.